The van der Waals surface area contributed by atoms with Gasteiger partial charge < -0.3 is 20.1 Å². The molecule has 21 heavy (non-hydrogen) atoms. The van der Waals surface area contributed by atoms with Gasteiger partial charge in [-0.1, -0.05) is 0 Å². The summed E-state index contributed by atoms with van der Waals surface area (Å²) in [6, 6.07) is 7.68. The molecule has 2 heterocycles. The minimum Gasteiger partial charge on any atom is -0.474 e. The second kappa shape index (κ2) is 6.74. The average molecular weight is 289 g/mol. The number of aromatic amines is 1. The first-order valence-electron chi connectivity index (χ1n) is 7.10. The summed E-state index contributed by atoms with van der Waals surface area (Å²) in [5.74, 6) is 0.523. The number of aliphatic hydroxyl groups excluding tert-OH is 1. The molecule has 0 bridgehead atoms. The lowest BCUT2D eigenvalue weighted by Crippen LogP contribution is -2.42. The van der Waals surface area contributed by atoms with Gasteiger partial charge in [-0.2, -0.15) is 0 Å². The Bertz CT molecular complexity index is 547. The van der Waals surface area contributed by atoms with Gasteiger partial charge in [0.1, 0.15) is 12.7 Å². The summed E-state index contributed by atoms with van der Waals surface area (Å²) in [6.07, 6.45) is 2.96. The van der Waals surface area contributed by atoms with Crippen LogP contribution in [0.3, 0.4) is 0 Å². The smallest absolute Gasteiger partial charge is 0.222 e. The predicted molar refractivity (Wildman–Crippen MR) is 83.3 cm³/mol. The number of nitrogens with zero attached hydrogens (tertiary/aromatic N) is 1. The summed E-state index contributed by atoms with van der Waals surface area (Å²) in [5.41, 5.74) is 1.81. The summed E-state index contributed by atoms with van der Waals surface area (Å²) in [5, 5.41) is 13.2. The van der Waals surface area contributed by atoms with Crippen molar-refractivity contribution < 1.29 is 9.84 Å². The standard InChI is InChI=1S/C16H23N3O2/c1-16(2,3)19-10-12(20)11-21-15-13(6-4-9-18-15)14-7-5-8-17-14/h4-9,12,17,19-20H,10-11H2,1-3H3/t12-/m0/s1. The number of aliphatic hydroxyl groups is 1. The molecule has 0 aliphatic rings. The first-order chi connectivity index (χ1) is 9.96. The number of hydrogen-bond acceptors (Lipinski definition) is 4. The monoisotopic (exact) mass is 289 g/mol. The first kappa shape index (κ1) is 15.5. The quantitative estimate of drug-likeness (QED) is 0.762. The number of rotatable bonds is 6. The summed E-state index contributed by atoms with van der Waals surface area (Å²) in [6.45, 7) is 6.86. The summed E-state index contributed by atoms with van der Waals surface area (Å²) in [4.78, 5) is 7.37. The molecule has 3 N–H and O–H groups in total. The molecule has 5 heteroatoms. The van der Waals surface area contributed by atoms with Crippen LogP contribution in [0.2, 0.25) is 0 Å². The molecule has 114 valence electrons. The van der Waals surface area contributed by atoms with Crippen LogP contribution >= 0.6 is 0 Å². The third-order valence-electron chi connectivity index (χ3n) is 2.94. The van der Waals surface area contributed by atoms with Crippen molar-refractivity contribution in [3.63, 3.8) is 0 Å². The molecule has 0 fully saturated rings. The molecule has 0 unspecified atom stereocenters. The molecule has 2 aromatic rings. The molecule has 0 aliphatic carbocycles. The number of H-pyrrole nitrogens is 1. The Balaban J connectivity index is 1.95. The molecule has 0 aliphatic heterocycles. The maximum Gasteiger partial charge on any atom is 0.222 e. The van der Waals surface area contributed by atoms with Crippen molar-refractivity contribution in [3.05, 3.63) is 36.7 Å². The average Bonchev–Trinajstić information content (AvgIpc) is 2.96. The van der Waals surface area contributed by atoms with Crippen LogP contribution in [-0.4, -0.2) is 39.9 Å². The van der Waals surface area contributed by atoms with E-state index < -0.39 is 6.10 Å². The zero-order valence-corrected chi connectivity index (χ0v) is 12.8. The highest BCUT2D eigenvalue weighted by Gasteiger charge is 2.14. The Morgan fingerprint density at radius 3 is 2.81 bits per heavy atom. The molecule has 0 amide bonds. The molecule has 0 saturated carbocycles. The van der Waals surface area contributed by atoms with E-state index in [0.29, 0.717) is 12.4 Å². The molecule has 0 saturated heterocycles. The van der Waals surface area contributed by atoms with Gasteiger partial charge in [0, 0.05) is 24.5 Å². The normalized spacial score (nSPS) is 13.1. The van der Waals surface area contributed by atoms with Crippen molar-refractivity contribution in [3.8, 4) is 17.1 Å². The van der Waals surface area contributed by atoms with Crippen LogP contribution in [0.1, 0.15) is 20.8 Å². The summed E-state index contributed by atoms with van der Waals surface area (Å²) >= 11 is 0. The fraction of sp³-hybridized carbons (Fsp3) is 0.438. The van der Waals surface area contributed by atoms with E-state index in [1.54, 1.807) is 6.20 Å². The van der Waals surface area contributed by atoms with Crippen LogP contribution in [-0.2, 0) is 0 Å². The van der Waals surface area contributed by atoms with Gasteiger partial charge in [0.15, 0.2) is 0 Å². The van der Waals surface area contributed by atoms with Crippen LogP contribution in [0.15, 0.2) is 36.7 Å². The molecule has 1 atom stereocenters. The van der Waals surface area contributed by atoms with E-state index in [4.69, 9.17) is 4.74 Å². The van der Waals surface area contributed by atoms with E-state index in [2.05, 4.69) is 36.1 Å². The van der Waals surface area contributed by atoms with Gasteiger partial charge in [-0.05, 0) is 45.0 Å². The summed E-state index contributed by atoms with van der Waals surface area (Å²) < 4.78 is 5.67. The molecule has 2 aromatic heterocycles. The SMILES string of the molecule is CC(C)(C)NC[C@H](O)COc1ncccc1-c1ccc[nH]1. The van der Waals surface area contributed by atoms with Crippen LogP contribution in [0.4, 0.5) is 0 Å². The number of hydrogen-bond donors (Lipinski definition) is 3. The van der Waals surface area contributed by atoms with Crippen molar-refractivity contribution in [1.29, 1.82) is 0 Å². The fourth-order valence-corrected chi connectivity index (χ4v) is 1.87. The van der Waals surface area contributed by atoms with Gasteiger partial charge in [-0.25, -0.2) is 4.98 Å². The van der Waals surface area contributed by atoms with E-state index in [1.165, 1.54) is 0 Å². The Morgan fingerprint density at radius 2 is 2.14 bits per heavy atom. The molecular formula is C16H23N3O2. The zero-order chi connectivity index (χ0) is 15.3. The molecule has 2 rings (SSSR count). The number of ether oxygens (including phenoxy) is 1. The number of pyridine rings is 1. The van der Waals surface area contributed by atoms with Gasteiger partial charge in [0.05, 0.1) is 11.3 Å². The number of aromatic nitrogens is 2. The Hall–Kier alpha value is -1.85. The highest BCUT2D eigenvalue weighted by Crippen LogP contribution is 2.26. The summed E-state index contributed by atoms with van der Waals surface area (Å²) in [7, 11) is 0. The minimum absolute atomic E-state index is 0.0264. The van der Waals surface area contributed by atoms with E-state index in [0.717, 1.165) is 11.3 Å². The fourth-order valence-electron chi connectivity index (χ4n) is 1.87. The van der Waals surface area contributed by atoms with E-state index in [-0.39, 0.29) is 12.1 Å². The van der Waals surface area contributed by atoms with Crippen molar-refractivity contribution >= 4 is 0 Å². The van der Waals surface area contributed by atoms with Gasteiger partial charge in [-0.3, -0.25) is 0 Å². The maximum atomic E-state index is 9.97. The van der Waals surface area contributed by atoms with Gasteiger partial charge >= 0.3 is 0 Å². The Kier molecular flexibility index (Phi) is 4.98. The van der Waals surface area contributed by atoms with Gasteiger partial charge in [-0.15, -0.1) is 0 Å². The van der Waals surface area contributed by atoms with Crippen molar-refractivity contribution in [2.75, 3.05) is 13.2 Å². The third kappa shape index (κ3) is 4.88. The number of nitrogens with one attached hydrogen (secondary N) is 2. The van der Waals surface area contributed by atoms with Gasteiger partial charge in [0.25, 0.3) is 0 Å². The van der Waals surface area contributed by atoms with E-state index in [1.807, 2.05) is 30.5 Å². The van der Waals surface area contributed by atoms with Crippen molar-refractivity contribution in [2.45, 2.75) is 32.4 Å². The second-order valence-corrected chi connectivity index (χ2v) is 6.04. The first-order valence-corrected chi connectivity index (χ1v) is 7.10. The predicted octanol–water partition coefficient (Wildman–Crippen LogP) is 2.20. The van der Waals surface area contributed by atoms with Crippen LogP contribution < -0.4 is 10.1 Å². The maximum absolute atomic E-state index is 9.97. The van der Waals surface area contributed by atoms with E-state index >= 15 is 0 Å². The van der Waals surface area contributed by atoms with Crippen molar-refractivity contribution in [1.82, 2.24) is 15.3 Å². The number of β-amino-alcohol motifs (C(OH)–C–C–N with tert-alkyl or cyclic N) is 1. The van der Waals surface area contributed by atoms with Crippen LogP contribution in [0.5, 0.6) is 5.88 Å². The van der Waals surface area contributed by atoms with Crippen LogP contribution in [0.25, 0.3) is 11.3 Å². The minimum atomic E-state index is -0.581. The lowest BCUT2D eigenvalue weighted by Gasteiger charge is -2.23. The Morgan fingerprint density at radius 1 is 1.33 bits per heavy atom. The molecule has 0 spiro atoms. The molecule has 0 aromatic carbocycles. The Labute approximate surface area is 125 Å². The largest absolute Gasteiger partial charge is 0.474 e. The molecule has 0 radical (unpaired) electrons. The highest BCUT2D eigenvalue weighted by molar-refractivity contribution is 5.64. The third-order valence-corrected chi connectivity index (χ3v) is 2.94. The van der Waals surface area contributed by atoms with E-state index in [9.17, 15) is 5.11 Å². The van der Waals surface area contributed by atoms with Crippen LogP contribution in [0, 0.1) is 0 Å². The lowest BCUT2D eigenvalue weighted by atomic mass is 10.1. The van der Waals surface area contributed by atoms with Crippen molar-refractivity contribution in [2.24, 2.45) is 0 Å². The zero-order valence-electron chi connectivity index (χ0n) is 12.8. The molecular weight excluding hydrogens is 266 g/mol. The lowest BCUT2D eigenvalue weighted by molar-refractivity contribution is 0.0980. The van der Waals surface area contributed by atoms with Gasteiger partial charge in [0.2, 0.25) is 5.88 Å². The highest BCUT2D eigenvalue weighted by atomic mass is 16.5. The topological polar surface area (TPSA) is 70.2 Å². The molecule has 5 nitrogen and oxygen atoms in total. The second-order valence-electron chi connectivity index (χ2n) is 6.04.